The lowest BCUT2D eigenvalue weighted by atomic mass is 10.0. The maximum atomic E-state index is 12.6. The molecule has 0 N–H and O–H groups in total. The molecule has 0 amide bonds. The van der Waals surface area contributed by atoms with E-state index in [1.807, 2.05) is 48.5 Å². The average Bonchev–Trinajstić information content (AvgIpc) is 3.31. The summed E-state index contributed by atoms with van der Waals surface area (Å²) >= 11 is 0. The second-order valence-corrected chi connectivity index (χ2v) is 8.87. The van der Waals surface area contributed by atoms with Gasteiger partial charge in [0.2, 0.25) is 0 Å². The first kappa shape index (κ1) is 23.1. The number of furan rings is 1. The number of benzene rings is 3. The third-order valence-corrected chi connectivity index (χ3v) is 6.61. The molecule has 6 nitrogen and oxygen atoms in total. The SMILES string of the molecule is COc1ccc(C(=O)CN2CCN(Cc3cc4cc(-c5ccccc5OC)ccc4o3)CC2)cc1. The molecule has 3 aromatic carbocycles. The number of hydrogen-bond donors (Lipinski definition) is 0. The predicted molar refractivity (Wildman–Crippen MR) is 137 cm³/mol. The minimum atomic E-state index is 0.143. The highest BCUT2D eigenvalue weighted by Gasteiger charge is 2.21. The van der Waals surface area contributed by atoms with Crippen molar-refractivity contribution in [3.8, 4) is 22.6 Å². The molecule has 180 valence electrons. The van der Waals surface area contributed by atoms with Crippen molar-refractivity contribution in [3.05, 3.63) is 84.1 Å². The van der Waals surface area contributed by atoms with Crippen molar-refractivity contribution >= 4 is 16.8 Å². The quantitative estimate of drug-likeness (QED) is 0.333. The largest absolute Gasteiger partial charge is 0.497 e. The van der Waals surface area contributed by atoms with Gasteiger partial charge in [0.05, 0.1) is 27.3 Å². The number of rotatable bonds is 8. The lowest BCUT2D eigenvalue weighted by Gasteiger charge is -2.33. The van der Waals surface area contributed by atoms with Gasteiger partial charge < -0.3 is 13.9 Å². The van der Waals surface area contributed by atoms with Crippen molar-refractivity contribution in [2.75, 3.05) is 46.9 Å². The van der Waals surface area contributed by atoms with E-state index in [2.05, 4.69) is 34.1 Å². The summed E-state index contributed by atoms with van der Waals surface area (Å²) in [5.74, 6) is 2.72. The van der Waals surface area contributed by atoms with Crippen molar-refractivity contribution in [1.82, 2.24) is 9.80 Å². The van der Waals surface area contributed by atoms with Crippen LogP contribution in [0.4, 0.5) is 0 Å². The topological polar surface area (TPSA) is 55.2 Å². The summed E-state index contributed by atoms with van der Waals surface area (Å²) in [6, 6.07) is 23.8. The van der Waals surface area contributed by atoms with Crippen LogP contribution < -0.4 is 9.47 Å². The predicted octanol–water partition coefficient (Wildman–Crippen LogP) is 5.12. The third kappa shape index (κ3) is 5.24. The van der Waals surface area contributed by atoms with Crippen molar-refractivity contribution in [1.29, 1.82) is 0 Å². The van der Waals surface area contributed by atoms with Crippen LogP contribution in [0.5, 0.6) is 11.5 Å². The van der Waals surface area contributed by atoms with Crippen molar-refractivity contribution in [2.24, 2.45) is 0 Å². The number of hydrogen-bond acceptors (Lipinski definition) is 6. The maximum absolute atomic E-state index is 12.6. The first-order valence-corrected chi connectivity index (χ1v) is 11.9. The van der Waals surface area contributed by atoms with E-state index in [4.69, 9.17) is 13.9 Å². The fourth-order valence-electron chi connectivity index (χ4n) is 4.62. The van der Waals surface area contributed by atoms with Gasteiger partial charge in [-0.3, -0.25) is 14.6 Å². The Kier molecular flexibility index (Phi) is 6.84. The average molecular weight is 471 g/mol. The van der Waals surface area contributed by atoms with Crippen LogP contribution in [0.15, 0.2) is 77.2 Å². The molecule has 0 aliphatic carbocycles. The molecule has 0 unspecified atom stereocenters. The zero-order chi connectivity index (χ0) is 24.2. The van der Waals surface area contributed by atoms with E-state index in [-0.39, 0.29) is 5.78 Å². The summed E-state index contributed by atoms with van der Waals surface area (Å²) in [5, 5.41) is 1.09. The van der Waals surface area contributed by atoms with E-state index in [9.17, 15) is 4.79 Å². The van der Waals surface area contributed by atoms with Gasteiger partial charge >= 0.3 is 0 Å². The molecular weight excluding hydrogens is 440 g/mol. The zero-order valence-electron chi connectivity index (χ0n) is 20.2. The molecule has 1 saturated heterocycles. The standard InChI is InChI=1S/C29H30N2O4/c1-33-24-10-7-21(8-11-24)27(32)20-31-15-13-30(14-16-31)19-25-18-23-17-22(9-12-28(23)35-25)26-5-3-4-6-29(26)34-2/h3-12,17-18H,13-16,19-20H2,1-2H3. The number of ketones is 1. The Bertz CT molecular complexity index is 1300. The molecule has 0 atom stereocenters. The minimum absolute atomic E-state index is 0.143. The van der Waals surface area contributed by atoms with E-state index in [0.717, 1.165) is 77.6 Å². The molecule has 35 heavy (non-hydrogen) atoms. The summed E-state index contributed by atoms with van der Waals surface area (Å²) in [5.41, 5.74) is 3.79. The van der Waals surface area contributed by atoms with Gasteiger partial charge in [0, 0.05) is 42.7 Å². The smallest absolute Gasteiger partial charge is 0.176 e. The minimum Gasteiger partial charge on any atom is -0.497 e. The third-order valence-electron chi connectivity index (χ3n) is 6.61. The first-order chi connectivity index (χ1) is 17.1. The van der Waals surface area contributed by atoms with Crippen molar-refractivity contribution < 1.29 is 18.7 Å². The summed E-state index contributed by atoms with van der Waals surface area (Å²) in [6.07, 6.45) is 0. The number of fused-ring (bicyclic) bond motifs is 1. The van der Waals surface area contributed by atoms with Crippen LogP contribution in [0.2, 0.25) is 0 Å². The summed E-state index contributed by atoms with van der Waals surface area (Å²) in [4.78, 5) is 17.2. The van der Waals surface area contributed by atoms with Gasteiger partial charge in [-0.05, 0) is 54.1 Å². The van der Waals surface area contributed by atoms with Gasteiger partial charge in [-0.1, -0.05) is 24.3 Å². The van der Waals surface area contributed by atoms with E-state index >= 15 is 0 Å². The number of nitrogens with zero attached hydrogens (tertiary/aromatic N) is 2. The lowest BCUT2D eigenvalue weighted by Crippen LogP contribution is -2.47. The second-order valence-electron chi connectivity index (χ2n) is 8.87. The van der Waals surface area contributed by atoms with Crippen LogP contribution in [-0.2, 0) is 6.54 Å². The highest BCUT2D eigenvalue weighted by Crippen LogP contribution is 2.32. The number of methoxy groups -OCH3 is 2. The Morgan fingerprint density at radius 1 is 0.857 bits per heavy atom. The van der Waals surface area contributed by atoms with Crippen LogP contribution in [0.1, 0.15) is 16.1 Å². The molecule has 0 spiro atoms. The molecule has 1 fully saturated rings. The second kappa shape index (κ2) is 10.3. The normalized spacial score (nSPS) is 14.8. The molecule has 1 aromatic heterocycles. The first-order valence-electron chi connectivity index (χ1n) is 11.9. The van der Waals surface area contributed by atoms with E-state index < -0.39 is 0 Å². The molecule has 6 heteroatoms. The Morgan fingerprint density at radius 2 is 1.60 bits per heavy atom. The Morgan fingerprint density at radius 3 is 2.34 bits per heavy atom. The number of piperazine rings is 1. The number of carbonyl (C=O) groups excluding carboxylic acids is 1. The fraction of sp³-hybridized carbons (Fsp3) is 0.276. The Hall–Kier alpha value is -3.61. The van der Waals surface area contributed by atoms with E-state index in [1.54, 1.807) is 14.2 Å². The van der Waals surface area contributed by atoms with Crippen molar-refractivity contribution in [3.63, 3.8) is 0 Å². The number of carbonyl (C=O) groups is 1. The van der Waals surface area contributed by atoms with E-state index in [1.165, 1.54) is 0 Å². The van der Waals surface area contributed by atoms with Crippen LogP contribution in [0, 0.1) is 0 Å². The number of ether oxygens (including phenoxy) is 2. The molecule has 1 aliphatic rings. The van der Waals surface area contributed by atoms with Gasteiger partial charge in [-0.25, -0.2) is 0 Å². The molecule has 2 heterocycles. The van der Waals surface area contributed by atoms with E-state index in [0.29, 0.717) is 6.54 Å². The molecular formula is C29H30N2O4. The molecule has 0 saturated carbocycles. The zero-order valence-corrected chi connectivity index (χ0v) is 20.2. The number of para-hydroxylation sites is 1. The van der Waals surface area contributed by atoms with Crippen LogP contribution in [0.25, 0.3) is 22.1 Å². The molecule has 5 rings (SSSR count). The lowest BCUT2D eigenvalue weighted by molar-refractivity contribution is 0.0834. The van der Waals surface area contributed by atoms with Crippen LogP contribution >= 0.6 is 0 Å². The summed E-state index contributed by atoms with van der Waals surface area (Å²) in [7, 11) is 3.32. The number of Topliss-reactive ketones (excluding diaryl/α,β-unsaturated/α-hetero) is 1. The molecule has 0 bridgehead atoms. The highest BCUT2D eigenvalue weighted by atomic mass is 16.5. The monoisotopic (exact) mass is 470 g/mol. The van der Waals surface area contributed by atoms with Gasteiger partial charge in [-0.2, -0.15) is 0 Å². The van der Waals surface area contributed by atoms with Gasteiger partial charge in [-0.15, -0.1) is 0 Å². The Labute approximate surface area is 205 Å². The summed E-state index contributed by atoms with van der Waals surface area (Å²) in [6.45, 7) is 4.73. The fourth-order valence-corrected chi connectivity index (χ4v) is 4.62. The molecule has 4 aromatic rings. The van der Waals surface area contributed by atoms with Gasteiger partial charge in [0.1, 0.15) is 22.8 Å². The van der Waals surface area contributed by atoms with Gasteiger partial charge in [0.15, 0.2) is 5.78 Å². The Balaban J connectivity index is 1.18. The van der Waals surface area contributed by atoms with Crippen molar-refractivity contribution in [2.45, 2.75) is 6.54 Å². The van der Waals surface area contributed by atoms with Gasteiger partial charge in [0.25, 0.3) is 0 Å². The molecule has 1 aliphatic heterocycles. The van der Waals surface area contributed by atoms with Crippen LogP contribution in [-0.4, -0.2) is 62.5 Å². The summed E-state index contributed by atoms with van der Waals surface area (Å²) < 4.78 is 16.8. The maximum Gasteiger partial charge on any atom is 0.176 e. The highest BCUT2D eigenvalue weighted by molar-refractivity contribution is 5.97. The molecule has 0 radical (unpaired) electrons. The van der Waals surface area contributed by atoms with Crippen LogP contribution in [0.3, 0.4) is 0 Å².